The summed E-state index contributed by atoms with van der Waals surface area (Å²) in [5.74, 6) is 5.61. The van der Waals surface area contributed by atoms with Gasteiger partial charge in [-0.3, -0.25) is 28.8 Å². The van der Waals surface area contributed by atoms with Gasteiger partial charge in [0.2, 0.25) is 0 Å². The highest BCUT2D eigenvalue weighted by Crippen LogP contribution is 2.46. The molecule has 1 atom stereocenters. The number of fused-ring (bicyclic) bond motifs is 16. The molecule has 0 N–H and O–H groups in total. The maximum Gasteiger partial charge on any atom is 0.176 e. The lowest BCUT2D eigenvalue weighted by Gasteiger charge is -2.26. The van der Waals surface area contributed by atoms with E-state index in [9.17, 15) is 28.8 Å². The molecule has 4 aliphatic heterocycles. The molecule has 0 spiro atoms. The van der Waals surface area contributed by atoms with Crippen LogP contribution in [-0.4, -0.2) is 58.1 Å². The summed E-state index contributed by atoms with van der Waals surface area (Å²) in [6, 6.07) is 39.7. The van der Waals surface area contributed by atoms with Crippen molar-refractivity contribution in [1.82, 2.24) is 0 Å². The summed E-state index contributed by atoms with van der Waals surface area (Å²) in [5, 5.41) is 1.04. The van der Waals surface area contributed by atoms with Gasteiger partial charge in [-0.1, -0.05) is 126 Å². The Balaban J connectivity index is 0.000000122. The first-order chi connectivity index (χ1) is 48.4. The molecule has 0 fully saturated rings. The molecule has 0 bridgehead atoms. The van der Waals surface area contributed by atoms with Gasteiger partial charge in [0.1, 0.15) is 55.2 Å². The fourth-order valence-corrected chi connectivity index (χ4v) is 14.9. The van der Waals surface area contributed by atoms with Gasteiger partial charge < -0.3 is 28.4 Å². The average Bonchev–Trinajstić information content (AvgIpc) is 0.783. The fourth-order valence-electron chi connectivity index (χ4n) is 13.9. The van der Waals surface area contributed by atoms with E-state index in [4.69, 9.17) is 40.0 Å². The van der Waals surface area contributed by atoms with Crippen LogP contribution in [-0.2, 0) is 61.6 Å². The molecule has 8 aliphatic rings. The van der Waals surface area contributed by atoms with Gasteiger partial charge >= 0.3 is 0 Å². The summed E-state index contributed by atoms with van der Waals surface area (Å²) in [6.45, 7) is 18.8. The number of unbranched alkanes of at least 4 members (excludes halogenated alkanes) is 2. The summed E-state index contributed by atoms with van der Waals surface area (Å²) in [4.78, 5) is 71.9. The monoisotopic (exact) mass is 1490 g/mol. The quantitative estimate of drug-likeness (QED) is 0.0494. The third kappa shape index (κ3) is 15.7. The van der Waals surface area contributed by atoms with Crippen LogP contribution in [0.25, 0.3) is 50.3 Å². The molecule has 15 heteroatoms. The van der Waals surface area contributed by atoms with Gasteiger partial charge in [-0.25, -0.2) is 0 Å². The zero-order chi connectivity index (χ0) is 70.3. The molecule has 0 amide bonds. The number of rotatable bonds is 12. The van der Waals surface area contributed by atoms with Gasteiger partial charge in [0.25, 0.3) is 0 Å². The Morgan fingerprint density at radius 3 is 1.26 bits per heavy atom. The molecule has 0 radical (unpaired) electrons. The van der Waals surface area contributed by atoms with Gasteiger partial charge in [-0.2, -0.15) is 0 Å². The van der Waals surface area contributed by atoms with E-state index in [0.29, 0.717) is 74.5 Å². The number of ether oxygens (including phenoxy) is 6. The van der Waals surface area contributed by atoms with Crippen molar-refractivity contribution in [2.45, 2.75) is 155 Å². The number of Topliss-reactive ketones (excluding diaryl/α,β-unsaturated/α-hetero) is 6. The van der Waals surface area contributed by atoms with Crippen molar-refractivity contribution in [2.75, 3.05) is 18.5 Å². The van der Waals surface area contributed by atoms with Crippen LogP contribution < -0.4 is 18.9 Å². The van der Waals surface area contributed by atoms with E-state index in [1.54, 1.807) is 6.92 Å². The van der Waals surface area contributed by atoms with Crippen LogP contribution in [0.2, 0.25) is 5.02 Å². The number of carbonyl (C=O) groups is 6. The molecule has 4 heterocycles. The standard InChI is InChI=1S/C23H24O3.C19H14Br2O3.C19H16O3.C17H13ClO2.C7H14O/c1-3-4-10-25-15(2)16-8-9-19-18(11-16)14-26-23-13-20-17(12-21(19)23)6-5-7-22(20)24;20-8-17(22)11-1-3-13-12(5-11)9-24-18-7-14-10(6-15(13)18)2-4-16(21)19(14)23;1-11(20)12-5-6-15-14(7-12)10-22-19-9-16-13(8-17(15)19)3-2-4-18(16)21;18-12-4-5-13-11(6-12)9-20-17-8-14-10(7-15(13)17)2-1-3-16(14)19;1-4-5-6-8-7(2)3/h8-9,11-13H,2-7,10,14H2,1H3;1,3,5-7,16H,2,4,8-9H2;5-9H,2-4,10H2,1H3;4-8H,1-3,9H2;2,4-6H2,1,3H3. The van der Waals surface area contributed by atoms with Crippen LogP contribution in [0.4, 0.5) is 0 Å². The van der Waals surface area contributed by atoms with Crippen molar-refractivity contribution in [1.29, 1.82) is 0 Å². The fraction of sp³-hybridized carbons (Fsp3) is 0.318. The summed E-state index contributed by atoms with van der Waals surface area (Å²) < 4.78 is 34.3. The van der Waals surface area contributed by atoms with E-state index in [1.807, 2.05) is 85.8 Å². The van der Waals surface area contributed by atoms with Crippen LogP contribution in [0, 0.1) is 0 Å². The lowest BCUT2D eigenvalue weighted by Crippen LogP contribution is -2.23. The van der Waals surface area contributed by atoms with E-state index in [-0.39, 0.29) is 39.5 Å². The maximum absolute atomic E-state index is 12.4. The molecular formula is C85H81Br2ClO12. The molecule has 12 nitrogen and oxygen atoms in total. The molecule has 0 saturated heterocycles. The zero-order valence-corrected chi connectivity index (χ0v) is 61.1. The van der Waals surface area contributed by atoms with Gasteiger partial charge in [-0.05, 0) is 224 Å². The van der Waals surface area contributed by atoms with Crippen LogP contribution in [0.1, 0.15) is 211 Å². The van der Waals surface area contributed by atoms with Gasteiger partial charge in [0.05, 0.1) is 29.1 Å². The first-order valence-electron chi connectivity index (χ1n) is 34.7. The number of alkyl halides is 2. The van der Waals surface area contributed by atoms with Crippen LogP contribution in [0.3, 0.4) is 0 Å². The second-order valence-corrected chi connectivity index (χ2v) is 28.5. The van der Waals surface area contributed by atoms with Crippen molar-refractivity contribution in [3.63, 3.8) is 0 Å². The van der Waals surface area contributed by atoms with Crippen molar-refractivity contribution < 1.29 is 57.2 Å². The zero-order valence-electron chi connectivity index (χ0n) is 57.1. The summed E-state index contributed by atoms with van der Waals surface area (Å²) >= 11 is 12.7. The number of halogens is 3. The molecule has 4 aliphatic carbocycles. The first-order valence-corrected chi connectivity index (χ1v) is 37.2. The molecule has 1 unspecified atom stereocenters. The molecule has 0 aromatic heterocycles. The largest absolute Gasteiger partial charge is 0.499 e. The maximum atomic E-state index is 12.4. The molecule has 16 rings (SSSR count). The molecule has 8 aromatic carbocycles. The lowest BCUT2D eigenvalue weighted by molar-refractivity contribution is 0.0964. The topological polar surface area (TPSA) is 158 Å². The van der Waals surface area contributed by atoms with Crippen LogP contribution in [0.15, 0.2) is 140 Å². The highest BCUT2D eigenvalue weighted by molar-refractivity contribution is 9.10. The summed E-state index contributed by atoms with van der Waals surface area (Å²) in [5.41, 5.74) is 23.1. The van der Waals surface area contributed by atoms with Crippen LogP contribution in [0.5, 0.6) is 23.0 Å². The third-order valence-corrected chi connectivity index (χ3v) is 21.0. The van der Waals surface area contributed by atoms with E-state index in [2.05, 4.69) is 101 Å². The Kier molecular flexibility index (Phi) is 22.7. The van der Waals surface area contributed by atoms with Crippen LogP contribution >= 0.6 is 43.5 Å². The predicted octanol–water partition coefficient (Wildman–Crippen LogP) is 21.0. The molecule has 0 saturated carbocycles. The van der Waals surface area contributed by atoms with E-state index >= 15 is 0 Å². The Bertz CT molecular complexity index is 4620. The minimum atomic E-state index is -0.100. The highest BCUT2D eigenvalue weighted by Gasteiger charge is 2.31. The van der Waals surface area contributed by atoms with E-state index in [1.165, 1.54) is 12.0 Å². The summed E-state index contributed by atoms with van der Waals surface area (Å²) in [7, 11) is 0. The van der Waals surface area contributed by atoms with E-state index < -0.39 is 0 Å². The Labute approximate surface area is 607 Å². The molecule has 100 heavy (non-hydrogen) atoms. The van der Waals surface area contributed by atoms with Crippen molar-refractivity contribution in [3.05, 3.63) is 229 Å². The Morgan fingerprint density at radius 1 is 0.450 bits per heavy atom. The van der Waals surface area contributed by atoms with Crippen molar-refractivity contribution in [3.8, 4) is 67.5 Å². The summed E-state index contributed by atoms with van der Waals surface area (Å²) in [6.07, 6.45) is 13.7. The normalized spacial score (nSPS) is 15.5. The Morgan fingerprint density at radius 2 is 0.830 bits per heavy atom. The minimum Gasteiger partial charge on any atom is -0.499 e. The SMILES string of the molecule is C=C(C)OCCCC.C=C(OCCCC)c1ccc2c(c1)COc1cc3c(cc1-2)CCCC3=O.CC(=O)c1ccc2c(c1)COc1cc3c(cc1-2)CCCC3=O.O=C(CBr)c1ccc2c(c1)COc1cc3c(cc1-2)CCC(Br)C3=O.O=C1CCCc2cc3c(cc21)OCc1cc(Cl)ccc1-3. The lowest BCUT2D eigenvalue weighted by atomic mass is 9.85. The number of carbonyl (C=O) groups excluding carboxylic acids is 6. The molecular weight excluding hydrogens is 1410 g/mol. The minimum absolute atomic E-state index is 0.0583. The molecule has 8 aromatic rings. The highest BCUT2D eigenvalue weighted by atomic mass is 79.9. The second kappa shape index (κ2) is 31.9. The number of benzene rings is 8. The smallest absolute Gasteiger partial charge is 0.176 e. The molecule has 514 valence electrons. The Hall–Kier alpha value is -8.69. The third-order valence-electron chi connectivity index (χ3n) is 19.4. The van der Waals surface area contributed by atoms with Crippen molar-refractivity contribution >= 4 is 83.9 Å². The first kappa shape index (κ1) is 71.1. The number of allylic oxidation sites excluding steroid dienone is 1. The number of aryl methyl sites for hydroxylation is 4. The second-order valence-electron chi connectivity index (χ2n) is 26.4. The van der Waals surface area contributed by atoms with Gasteiger partial charge in [-0.15, -0.1) is 0 Å². The average molecular weight is 1490 g/mol. The van der Waals surface area contributed by atoms with E-state index in [0.717, 1.165) is 222 Å². The number of ketones is 6. The number of hydrogen-bond donors (Lipinski definition) is 0. The number of hydrogen-bond acceptors (Lipinski definition) is 12. The predicted molar refractivity (Wildman–Crippen MR) is 401 cm³/mol. The van der Waals surface area contributed by atoms with Gasteiger partial charge in [0, 0.05) is 85.5 Å². The van der Waals surface area contributed by atoms with Crippen molar-refractivity contribution in [2.24, 2.45) is 0 Å². The van der Waals surface area contributed by atoms with Gasteiger partial charge in [0.15, 0.2) is 34.7 Å².